The van der Waals surface area contributed by atoms with Crippen LogP contribution in [0.3, 0.4) is 0 Å². The number of carbonyl (C=O) groups excluding carboxylic acids is 1. The van der Waals surface area contributed by atoms with Gasteiger partial charge in [0.25, 0.3) is 5.91 Å². The molecule has 0 heterocycles. The smallest absolute Gasteiger partial charge is 0.271 e. The fourth-order valence-corrected chi connectivity index (χ4v) is 2.34. The standard InChI is InChI=1S/C20H22F2N2O4/c1-4-26-17-10-14(11-18(27-5-2)19(17)28-6-3)20(25)24-23-12-13-7-8-15(21)16(22)9-13/h7-12H,4-6H2,1-3H3,(H,24,25)/b23-12-. The average Bonchev–Trinajstić information content (AvgIpc) is 2.67. The summed E-state index contributed by atoms with van der Waals surface area (Å²) in [6.45, 7) is 6.63. The van der Waals surface area contributed by atoms with E-state index in [9.17, 15) is 13.6 Å². The van der Waals surface area contributed by atoms with Gasteiger partial charge in [0.1, 0.15) is 0 Å². The number of amides is 1. The topological polar surface area (TPSA) is 69.2 Å². The van der Waals surface area contributed by atoms with Gasteiger partial charge < -0.3 is 14.2 Å². The van der Waals surface area contributed by atoms with Crippen LogP contribution < -0.4 is 19.6 Å². The molecule has 0 fully saturated rings. The fraction of sp³-hybridized carbons (Fsp3) is 0.300. The van der Waals surface area contributed by atoms with E-state index in [1.165, 1.54) is 24.4 Å². The normalized spacial score (nSPS) is 10.8. The van der Waals surface area contributed by atoms with E-state index < -0.39 is 17.5 Å². The molecule has 0 atom stereocenters. The first kappa shape index (κ1) is 21.1. The molecule has 0 aliphatic heterocycles. The zero-order valence-electron chi connectivity index (χ0n) is 15.9. The Balaban J connectivity index is 2.23. The Bertz CT molecular complexity index is 829. The van der Waals surface area contributed by atoms with E-state index in [1.807, 2.05) is 20.8 Å². The second-order valence-corrected chi connectivity index (χ2v) is 5.47. The van der Waals surface area contributed by atoms with Gasteiger partial charge in [0, 0.05) is 5.56 Å². The summed E-state index contributed by atoms with van der Waals surface area (Å²) >= 11 is 0. The molecule has 0 unspecified atom stereocenters. The van der Waals surface area contributed by atoms with E-state index in [0.717, 1.165) is 12.1 Å². The lowest BCUT2D eigenvalue weighted by Gasteiger charge is -2.16. The second kappa shape index (κ2) is 10.2. The van der Waals surface area contributed by atoms with Gasteiger partial charge in [-0.2, -0.15) is 5.10 Å². The van der Waals surface area contributed by atoms with E-state index in [2.05, 4.69) is 10.5 Å². The Labute approximate surface area is 162 Å². The first-order chi connectivity index (χ1) is 13.5. The van der Waals surface area contributed by atoms with Crippen LogP contribution in [0.5, 0.6) is 17.2 Å². The van der Waals surface area contributed by atoms with Crippen LogP contribution in [0, 0.1) is 11.6 Å². The summed E-state index contributed by atoms with van der Waals surface area (Å²) in [6.07, 6.45) is 1.21. The molecule has 0 saturated heterocycles. The molecule has 2 rings (SSSR count). The number of nitrogens with one attached hydrogen (secondary N) is 1. The zero-order chi connectivity index (χ0) is 20.5. The Hall–Kier alpha value is -3.16. The maximum atomic E-state index is 13.2. The number of benzene rings is 2. The summed E-state index contributed by atoms with van der Waals surface area (Å²) in [7, 11) is 0. The molecular weight excluding hydrogens is 370 g/mol. The van der Waals surface area contributed by atoms with Gasteiger partial charge in [-0.25, -0.2) is 14.2 Å². The molecule has 6 nitrogen and oxygen atoms in total. The van der Waals surface area contributed by atoms with Gasteiger partial charge in [-0.1, -0.05) is 6.07 Å². The number of rotatable bonds is 9. The quantitative estimate of drug-likeness (QED) is 0.519. The third kappa shape index (κ3) is 5.42. The third-order valence-electron chi connectivity index (χ3n) is 3.49. The molecule has 0 radical (unpaired) electrons. The minimum absolute atomic E-state index is 0.248. The van der Waals surface area contributed by atoms with Crippen molar-refractivity contribution in [1.82, 2.24) is 5.43 Å². The molecule has 28 heavy (non-hydrogen) atoms. The van der Waals surface area contributed by atoms with Crippen molar-refractivity contribution in [2.75, 3.05) is 19.8 Å². The Kier molecular flexibility index (Phi) is 7.74. The SMILES string of the molecule is CCOc1cc(C(=O)N/N=C\c2ccc(F)c(F)c2)cc(OCC)c1OCC. The van der Waals surface area contributed by atoms with E-state index >= 15 is 0 Å². The lowest BCUT2D eigenvalue weighted by molar-refractivity contribution is 0.0954. The molecule has 2 aromatic carbocycles. The number of hydrogen-bond donors (Lipinski definition) is 1. The first-order valence-corrected chi connectivity index (χ1v) is 8.85. The molecule has 1 N–H and O–H groups in total. The van der Waals surface area contributed by atoms with Crippen LogP contribution in [0.4, 0.5) is 8.78 Å². The lowest BCUT2D eigenvalue weighted by atomic mass is 10.1. The van der Waals surface area contributed by atoms with Gasteiger partial charge in [-0.15, -0.1) is 0 Å². The summed E-state index contributed by atoms with van der Waals surface area (Å²) in [4.78, 5) is 12.4. The zero-order valence-corrected chi connectivity index (χ0v) is 15.9. The fourth-order valence-electron chi connectivity index (χ4n) is 2.34. The van der Waals surface area contributed by atoms with Crippen molar-refractivity contribution in [3.8, 4) is 17.2 Å². The molecule has 0 aliphatic rings. The lowest BCUT2D eigenvalue weighted by Crippen LogP contribution is -2.18. The summed E-state index contributed by atoms with van der Waals surface area (Å²) in [5.41, 5.74) is 2.88. The Morgan fingerprint density at radius 2 is 1.57 bits per heavy atom. The number of carbonyl (C=O) groups is 1. The monoisotopic (exact) mass is 392 g/mol. The van der Waals surface area contributed by atoms with Crippen LogP contribution in [0.25, 0.3) is 0 Å². The molecule has 0 spiro atoms. The molecule has 2 aromatic rings. The maximum absolute atomic E-state index is 13.2. The first-order valence-electron chi connectivity index (χ1n) is 8.85. The second-order valence-electron chi connectivity index (χ2n) is 5.47. The van der Waals surface area contributed by atoms with Crippen LogP contribution in [0.2, 0.25) is 0 Å². The van der Waals surface area contributed by atoms with Crippen LogP contribution in [-0.4, -0.2) is 31.9 Å². The van der Waals surface area contributed by atoms with Crippen LogP contribution in [0.15, 0.2) is 35.4 Å². The molecular formula is C20H22F2N2O4. The molecule has 0 aliphatic carbocycles. The Morgan fingerprint density at radius 1 is 0.964 bits per heavy atom. The van der Waals surface area contributed by atoms with E-state index in [-0.39, 0.29) is 5.56 Å². The van der Waals surface area contributed by atoms with E-state index in [4.69, 9.17) is 14.2 Å². The minimum atomic E-state index is -0.996. The number of halogens is 2. The number of nitrogens with zero attached hydrogens (tertiary/aromatic N) is 1. The summed E-state index contributed by atoms with van der Waals surface area (Å²) in [6, 6.07) is 6.35. The number of hydrogen-bond acceptors (Lipinski definition) is 5. The van der Waals surface area contributed by atoms with Gasteiger partial charge in [-0.05, 0) is 50.6 Å². The van der Waals surface area contributed by atoms with Crippen molar-refractivity contribution in [3.63, 3.8) is 0 Å². The third-order valence-corrected chi connectivity index (χ3v) is 3.49. The van der Waals surface area contributed by atoms with Gasteiger partial charge >= 0.3 is 0 Å². The molecule has 0 aromatic heterocycles. The highest BCUT2D eigenvalue weighted by Crippen LogP contribution is 2.39. The van der Waals surface area contributed by atoms with Gasteiger partial charge in [0.2, 0.25) is 5.75 Å². The van der Waals surface area contributed by atoms with Crippen molar-refractivity contribution >= 4 is 12.1 Å². The van der Waals surface area contributed by atoms with Crippen molar-refractivity contribution in [2.24, 2.45) is 5.10 Å². The summed E-state index contributed by atoms with van der Waals surface area (Å²) in [5, 5.41) is 3.77. The molecule has 150 valence electrons. The van der Waals surface area contributed by atoms with Gasteiger partial charge in [0.15, 0.2) is 23.1 Å². The van der Waals surface area contributed by atoms with Crippen molar-refractivity contribution in [1.29, 1.82) is 0 Å². The van der Waals surface area contributed by atoms with Crippen molar-refractivity contribution in [2.45, 2.75) is 20.8 Å². The average molecular weight is 392 g/mol. The van der Waals surface area contributed by atoms with Crippen LogP contribution in [-0.2, 0) is 0 Å². The van der Waals surface area contributed by atoms with Gasteiger partial charge in [-0.3, -0.25) is 4.79 Å². The van der Waals surface area contributed by atoms with E-state index in [1.54, 1.807) is 0 Å². The highest BCUT2D eigenvalue weighted by molar-refractivity contribution is 5.96. The highest BCUT2D eigenvalue weighted by atomic mass is 19.2. The molecule has 0 bridgehead atoms. The highest BCUT2D eigenvalue weighted by Gasteiger charge is 2.18. The minimum Gasteiger partial charge on any atom is -0.490 e. The largest absolute Gasteiger partial charge is 0.490 e. The van der Waals surface area contributed by atoms with Crippen molar-refractivity contribution in [3.05, 3.63) is 53.1 Å². The summed E-state index contributed by atoms with van der Waals surface area (Å²) in [5.74, 6) is -1.29. The van der Waals surface area contributed by atoms with Gasteiger partial charge in [0.05, 0.1) is 26.0 Å². The number of ether oxygens (including phenoxy) is 3. The molecule has 1 amide bonds. The summed E-state index contributed by atoms with van der Waals surface area (Å²) < 4.78 is 42.9. The molecule has 8 heteroatoms. The van der Waals surface area contributed by atoms with Crippen molar-refractivity contribution < 1.29 is 27.8 Å². The van der Waals surface area contributed by atoms with Crippen LogP contribution >= 0.6 is 0 Å². The number of hydrazone groups is 1. The predicted octanol–water partition coefficient (Wildman–Crippen LogP) is 3.92. The van der Waals surface area contributed by atoms with E-state index in [0.29, 0.717) is 42.6 Å². The molecule has 0 saturated carbocycles. The van der Waals surface area contributed by atoms with Crippen LogP contribution in [0.1, 0.15) is 36.7 Å². The maximum Gasteiger partial charge on any atom is 0.271 e. The Morgan fingerprint density at radius 3 is 2.11 bits per heavy atom. The predicted molar refractivity (Wildman–Crippen MR) is 101 cm³/mol.